The third-order valence-electron chi connectivity index (χ3n) is 3.70. The molecule has 0 saturated carbocycles. The molecule has 0 spiro atoms. The lowest BCUT2D eigenvalue weighted by Gasteiger charge is -2.21. The van der Waals surface area contributed by atoms with Gasteiger partial charge in [0.05, 0.1) is 19.0 Å². The number of rotatable bonds is 15. The normalized spacial score (nSPS) is 13.4. The van der Waals surface area contributed by atoms with Crippen LogP contribution in [-0.4, -0.2) is 82.5 Å². The Morgan fingerprint density at radius 2 is 1.60 bits per heavy atom. The van der Waals surface area contributed by atoms with Crippen molar-refractivity contribution in [1.29, 1.82) is 0 Å². The van der Waals surface area contributed by atoms with Gasteiger partial charge in [-0.1, -0.05) is 0 Å². The van der Waals surface area contributed by atoms with E-state index in [4.69, 9.17) is 16.6 Å². The Labute approximate surface area is 176 Å². The van der Waals surface area contributed by atoms with Gasteiger partial charge in [0.15, 0.2) is 0 Å². The Kier molecular flexibility index (Phi) is 12.8. The molecule has 0 aliphatic heterocycles. The largest absolute Gasteiger partial charge is 0.481 e. The van der Waals surface area contributed by atoms with Gasteiger partial charge < -0.3 is 37.6 Å². The number of carboxylic acid groups (broad SMARTS) is 2. The van der Waals surface area contributed by atoms with Crippen LogP contribution < -0.4 is 27.4 Å². The van der Waals surface area contributed by atoms with Gasteiger partial charge in [-0.2, -0.15) is 11.8 Å². The summed E-state index contributed by atoms with van der Waals surface area (Å²) < 4.78 is 0. The number of carboxylic acids is 2. The average Bonchev–Trinajstić information content (AvgIpc) is 2.65. The number of primary amides is 1. The van der Waals surface area contributed by atoms with Gasteiger partial charge in [-0.3, -0.25) is 24.0 Å². The Hall–Kier alpha value is -2.87. The summed E-state index contributed by atoms with van der Waals surface area (Å²) in [5.74, 6) is -5.35. The molecule has 0 heterocycles. The van der Waals surface area contributed by atoms with Crippen LogP contribution in [0.2, 0.25) is 0 Å². The van der Waals surface area contributed by atoms with E-state index in [9.17, 15) is 33.9 Å². The molecule has 0 aromatic heterocycles. The van der Waals surface area contributed by atoms with Gasteiger partial charge in [0, 0.05) is 6.42 Å². The van der Waals surface area contributed by atoms with Crippen molar-refractivity contribution in [3.05, 3.63) is 0 Å². The average molecular weight is 449 g/mol. The van der Waals surface area contributed by atoms with E-state index < -0.39 is 73.1 Å². The molecule has 0 bridgehead atoms. The van der Waals surface area contributed by atoms with E-state index in [1.54, 1.807) is 6.26 Å². The molecule has 4 amide bonds. The van der Waals surface area contributed by atoms with Crippen LogP contribution in [0.25, 0.3) is 0 Å². The van der Waals surface area contributed by atoms with Crippen LogP contribution in [0.4, 0.5) is 0 Å². The van der Waals surface area contributed by atoms with Gasteiger partial charge in [-0.05, 0) is 24.9 Å². The van der Waals surface area contributed by atoms with Crippen LogP contribution in [-0.2, 0) is 28.8 Å². The number of hydrogen-bond donors (Lipinski definition) is 7. The van der Waals surface area contributed by atoms with E-state index in [-0.39, 0.29) is 12.8 Å². The minimum atomic E-state index is -1.33. The van der Waals surface area contributed by atoms with Crippen LogP contribution in [0.1, 0.15) is 25.7 Å². The van der Waals surface area contributed by atoms with Gasteiger partial charge in [0.2, 0.25) is 23.6 Å². The lowest BCUT2D eigenvalue weighted by molar-refractivity contribution is -0.143. The van der Waals surface area contributed by atoms with Crippen LogP contribution in [0.3, 0.4) is 0 Å². The summed E-state index contributed by atoms with van der Waals surface area (Å²) in [5.41, 5.74) is 10.3. The number of aliphatic carboxylic acids is 2. The fraction of sp³-hybridized carbons (Fsp3) is 0.625. The van der Waals surface area contributed by atoms with Gasteiger partial charge in [-0.15, -0.1) is 0 Å². The Morgan fingerprint density at radius 3 is 2.10 bits per heavy atom. The summed E-state index contributed by atoms with van der Waals surface area (Å²) in [6.45, 7) is -0.600. The quantitative estimate of drug-likeness (QED) is 0.134. The lowest BCUT2D eigenvalue weighted by atomic mass is 10.1. The second-order valence-corrected chi connectivity index (χ2v) is 7.21. The summed E-state index contributed by atoms with van der Waals surface area (Å²) in [4.78, 5) is 69.0. The van der Waals surface area contributed by atoms with E-state index in [1.807, 2.05) is 0 Å². The molecule has 30 heavy (non-hydrogen) atoms. The number of hydrogen-bond acceptors (Lipinski definition) is 8. The highest BCUT2D eigenvalue weighted by Crippen LogP contribution is 2.04. The molecule has 0 fully saturated rings. The predicted octanol–water partition coefficient (Wildman–Crippen LogP) is -3.02. The number of nitrogens with two attached hydrogens (primary N) is 2. The number of nitrogens with one attached hydrogen (secondary N) is 3. The number of amides is 4. The van der Waals surface area contributed by atoms with E-state index in [1.165, 1.54) is 11.8 Å². The van der Waals surface area contributed by atoms with Crippen molar-refractivity contribution >= 4 is 47.3 Å². The summed E-state index contributed by atoms with van der Waals surface area (Å²) >= 11 is 1.38. The molecule has 3 unspecified atom stereocenters. The summed E-state index contributed by atoms with van der Waals surface area (Å²) in [6, 6.07) is -3.80. The summed E-state index contributed by atoms with van der Waals surface area (Å²) in [5, 5.41) is 24.7. The van der Waals surface area contributed by atoms with Crippen molar-refractivity contribution < 1.29 is 39.0 Å². The predicted molar refractivity (Wildman–Crippen MR) is 106 cm³/mol. The highest BCUT2D eigenvalue weighted by Gasteiger charge is 2.27. The van der Waals surface area contributed by atoms with Crippen molar-refractivity contribution in [3.63, 3.8) is 0 Å². The number of carbonyl (C=O) groups is 6. The van der Waals surface area contributed by atoms with Crippen molar-refractivity contribution in [2.45, 2.75) is 43.8 Å². The highest BCUT2D eigenvalue weighted by molar-refractivity contribution is 7.98. The third-order valence-corrected chi connectivity index (χ3v) is 4.35. The van der Waals surface area contributed by atoms with E-state index >= 15 is 0 Å². The highest BCUT2D eigenvalue weighted by atomic mass is 32.2. The van der Waals surface area contributed by atoms with E-state index in [0.717, 1.165) is 0 Å². The lowest BCUT2D eigenvalue weighted by Crippen LogP contribution is -2.54. The molecule has 14 heteroatoms. The zero-order chi connectivity index (χ0) is 23.3. The topological polar surface area (TPSA) is 231 Å². The molecular weight excluding hydrogens is 422 g/mol. The molecule has 13 nitrogen and oxygen atoms in total. The zero-order valence-electron chi connectivity index (χ0n) is 16.4. The molecule has 3 atom stereocenters. The fourth-order valence-electron chi connectivity index (χ4n) is 2.16. The van der Waals surface area contributed by atoms with Crippen molar-refractivity contribution in [3.8, 4) is 0 Å². The third kappa shape index (κ3) is 11.9. The Balaban J connectivity index is 4.94. The molecule has 0 saturated heterocycles. The molecule has 0 aromatic rings. The summed E-state index contributed by atoms with van der Waals surface area (Å²) in [7, 11) is 0. The molecular formula is C16H27N5O8S. The van der Waals surface area contributed by atoms with E-state index in [2.05, 4.69) is 16.0 Å². The monoisotopic (exact) mass is 449 g/mol. The second kappa shape index (κ2) is 14.2. The molecule has 170 valence electrons. The molecule has 0 radical (unpaired) electrons. The van der Waals surface area contributed by atoms with Crippen molar-refractivity contribution in [2.24, 2.45) is 11.5 Å². The standard InChI is InChI=1S/C16H27N5O8S/c1-30-5-4-10(16(28)29)21-15(27)9(2-3-13(24)25)20-12(23)7-19-14(26)8(17)6-11(18)22/h8-10H,2-7,17H2,1H3,(H2,18,22)(H,19,26)(H,20,23)(H,21,27)(H,24,25)(H,28,29). The maximum Gasteiger partial charge on any atom is 0.326 e. The van der Waals surface area contributed by atoms with Crippen LogP contribution in [0.5, 0.6) is 0 Å². The van der Waals surface area contributed by atoms with Crippen LogP contribution in [0, 0.1) is 0 Å². The first-order valence-electron chi connectivity index (χ1n) is 8.82. The minimum absolute atomic E-state index is 0.135. The first-order valence-corrected chi connectivity index (χ1v) is 10.2. The van der Waals surface area contributed by atoms with E-state index in [0.29, 0.717) is 5.75 Å². The minimum Gasteiger partial charge on any atom is -0.481 e. The molecule has 9 N–H and O–H groups in total. The van der Waals surface area contributed by atoms with Gasteiger partial charge in [-0.25, -0.2) is 4.79 Å². The van der Waals surface area contributed by atoms with Crippen molar-refractivity contribution in [2.75, 3.05) is 18.6 Å². The van der Waals surface area contributed by atoms with Gasteiger partial charge in [0.1, 0.15) is 12.1 Å². The maximum absolute atomic E-state index is 12.4. The molecule has 0 aliphatic rings. The number of carbonyl (C=O) groups excluding carboxylic acids is 4. The molecule has 0 aromatic carbocycles. The first-order chi connectivity index (χ1) is 14.0. The van der Waals surface area contributed by atoms with Gasteiger partial charge in [0.25, 0.3) is 0 Å². The number of thioether (sulfide) groups is 1. The van der Waals surface area contributed by atoms with Crippen LogP contribution >= 0.6 is 11.8 Å². The SMILES string of the molecule is CSCCC(NC(=O)C(CCC(=O)O)NC(=O)CNC(=O)C(N)CC(N)=O)C(=O)O. The molecule has 0 aliphatic carbocycles. The maximum atomic E-state index is 12.4. The van der Waals surface area contributed by atoms with Gasteiger partial charge >= 0.3 is 11.9 Å². The zero-order valence-corrected chi connectivity index (χ0v) is 17.2. The fourth-order valence-corrected chi connectivity index (χ4v) is 2.63. The molecule has 0 rings (SSSR count). The smallest absolute Gasteiger partial charge is 0.326 e. The first kappa shape index (κ1) is 27.1. The summed E-state index contributed by atoms with van der Waals surface area (Å²) in [6.07, 6.45) is 0.716. The van der Waals surface area contributed by atoms with Crippen LogP contribution in [0.15, 0.2) is 0 Å². The van der Waals surface area contributed by atoms with Crippen molar-refractivity contribution in [1.82, 2.24) is 16.0 Å². The Bertz CT molecular complexity index is 660. The second-order valence-electron chi connectivity index (χ2n) is 6.23. The Morgan fingerprint density at radius 1 is 0.967 bits per heavy atom.